The summed E-state index contributed by atoms with van der Waals surface area (Å²) in [6, 6.07) is 6.40. The quantitative estimate of drug-likeness (QED) is 0.842. The molecule has 5 nitrogen and oxygen atoms in total. The van der Waals surface area contributed by atoms with Crippen molar-refractivity contribution >= 4 is 15.8 Å². The van der Waals surface area contributed by atoms with Gasteiger partial charge in [0.2, 0.25) is 0 Å². The van der Waals surface area contributed by atoms with E-state index in [0.717, 1.165) is 0 Å². The third-order valence-electron chi connectivity index (χ3n) is 2.73. The molecule has 1 aromatic carbocycles. The molecule has 6 heteroatoms. The third kappa shape index (κ3) is 2.96. The number of hydrogen-bond acceptors (Lipinski definition) is 4. The van der Waals surface area contributed by atoms with Crippen molar-refractivity contribution in [1.29, 1.82) is 0 Å². The Balaban J connectivity index is 2.04. The molecule has 1 unspecified atom stereocenters. The van der Waals surface area contributed by atoms with Gasteiger partial charge in [0.05, 0.1) is 11.3 Å². The van der Waals surface area contributed by atoms with Crippen LogP contribution >= 0.6 is 0 Å². The summed E-state index contributed by atoms with van der Waals surface area (Å²) in [6.07, 6.45) is 1.58. The maximum absolute atomic E-state index is 11.2. The minimum absolute atomic E-state index is 0.0300. The van der Waals surface area contributed by atoms with Crippen LogP contribution in [0.3, 0.4) is 0 Å². The van der Waals surface area contributed by atoms with Crippen molar-refractivity contribution in [2.75, 3.05) is 5.75 Å². The molecule has 0 saturated carbocycles. The first kappa shape index (κ1) is 12.8. The number of rotatable bonds is 4. The van der Waals surface area contributed by atoms with Gasteiger partial charge < -0.3 is 10.4 Å². The van der Waals surface area contributed by atoms with E-state index < -0.39 is 15.8 Å². The number of hydrogen-bond donors (Lipinski definition) is 2. The summed E-state index contributed by atoms with van der Waals surface area (Å²) >= 11 is 0. The second kappa shape index (κ2) is 4.91. The van der Waals surface area contributed by atoms with E-state index in [1.54, 1.807) is 24.3 Å². The number of aromatic carboxylic acids is 1. The van der Waals surface area contributed by atoms with Crippen LogP contribution in [0.4, 0.5) is 0 Å². The highest BCUT2D eigenvalue weighted by molar-refractivity contribution is 7.94. The minimum atomic E-state index is -3.09. The maximum Gasteiger partial charge on any atom is 0.336 e. The Morgan fingerprint density at radius 3 is 2.72 bits per heavy atom. The summed E-state index contributed by atoms with van der Waals surface area (Å²) in [6.45, 7) is 0.326. The predicted octanol–water partition coefficient (Wildman–Crippen LogP) is 0.785. The average molecular weight is 267 g/mol. The van der Waals surface area contributed by atoms with Gasteiger partial charge in [-0.25, -0.2) is 13.2 Å². The van der Waals surface area contributed by atoms with Crippen molar-refractivity contribution in [3.63, 3.8) is 0 Å². The predicted molar refractivity (Wildman–Crippen MR) is 67.0 cm³/mol. The SMILES string of the molecule is O=C(O)c1ccccc1CNC1C=CS(=O)(=O)C1. The minimum Gasteiger partial charge on any atom is -0.478 e. The van der Waals surface area contributed by atoms with E-state index in [9.17, 15) is 13.2 Å². The van der Waals surface area contributed by atoms with Crippen molar-refractivity contribution < 1.29 is 18.3 Å². The van der Waals surface area contributed by atoms with Gasteiger partial charge in [-0.1, -0.05) is 24.3 Å². The summed E-state index contributed by atoms with van der Waals surface area (Å²) in [5.74, 6) is -0.954. The van der Waals surface area contributed by atoms with E-state index in [0.29, 0.717) is 12.1 Å². The second-order valence-corrected chi connectivity index (χ2v) is 6.04. The molecule has 1 aliphatic heterocycles. The van der Waals surface area contributed by atoms with Gasteiger partial charge in [-0.05, 0) is 11.6 Å². The average Bonchev–Trinajstić information content (AvgIpc) is 2.66. The van der Waals surface area contributed by atoms with E-state index in [2.05, 4.69) is 5.32 Å². The molecule has 96 valence electrons. The fourth-order valence-corrected chi connectivity index (χ4v) is 3.10. The molecular weight excluding hydrogens is 254 g/mol. The molecule has 0 spiro atoms. The molecule has 0 aromatic heterocycles. The summed E-state index contributed by atoms with van der Waals surface area (Å²) in [5.41, 5.74) is 0.873. The van der Waals surface area contributed by atoms with Crippen LogP contribution in [0, 0.1) is 0 Å². The van der Waals surface area contributed by atoms with E-state index >= 15 is 0 Å². The van der Waals surface area contributed by atoms with Crippen LogP contribution in [0.1, 0.15) is 15.9 Å². The Morgan fingerprint density at radius 1 is 1.39 bits per heavy atom. The zero-order valence-corrected chi connectivity index (χ0v) is 10.4. The van der Waals surface area contributed by atoms with E-state index in [1.807, 2.05) is 0 Å². The monoisotopic (exact) mass is 267 g/mol. The van der Waals surface area contributed by atoms with E-state index in [-0.39, 0.29) is 17.4 Å². The largest absolute Gasteiger partial charge is 0.478 e. The lowest BCUT2D eigenvalue weighted by molar-refractivity contribution is 0.0695. The molecule has 2 N–H and O–H groups in total. The third-order valence-corrected chi connectivity index (χ3v) is 4.13. The summed E-state index contributed by atoms with van der Waals surface area (Å²) < 4.78 is 22.4. The first-order valence-electron chi connectivity index (χ1n) is 5.43. The second-order valence-electron chi connectivity index (χ2n) is 4.11. The fourth-order valence-electron chi connectivity index (χ4n) is 1.83. The van der Waals surface area contributed by atoms with Gasteiger partial charge in [0.1, 0.15) is 0 Å². The van der Waals surface area contributed by atoms with Crippen LogP contribution in [0.5, 0.6) is 0 Å². The molecule has 0 saturated heterocycles. The van der Waals surface area contributed by atoms with Gasteiger partial charge in [-0.2, -0.15) is 0 Å². The molecule has 1 atom stereocenters. The summed E-state index contributed by atoms with van der Waals surface area (Å²) in [4.78, 5) is 11.0. The lowest BCUT2D eigenvalue weighted by Gasteiger charge is -2.11. The Labute approximate surface area is 105 Å². The normalized spacial score (nSPS) is 21.0. The molecule has 2 rings (SSSR count). The van der Waals surface area contributed by atoms with Crippen molar-refractivity contribution in [3.05, 3.63) is 46.9 Å². The number of carbonyl (C=O) groups is 1. The van der Waals surface area contributed by atoms with Crippen LogP contribution in [-0.4, -0.2) is 31.3 Å². The smallest absolute Gasteiger partial charge is 0.336 e. The van der Waals surface area contributed by atoms with Crippen molar-refractivity contribution in [3.8, 4) is 0 Å². The van der Waals surface area contributed by atoms with Gasteiger partial charge in [-0.15, -0.1) is 0 Å². The number of carboxylic acids is 1. The van der Waals surface area contributed by atoms with Crippen LogP contribution in [0.2, 0.25) is 0 Å². The lowest BCUT2D eigenvalue weighted by Crippen LogP contribution is -2.30. The van der Waals surface area contributed by atoms with Gasteiger partial charge >= 0.3 is 5.97 Å². The molecule has 0 fully saturated rings. The molecule has 0 radical (unpaired) electrons. The van der Waals surface area contributed by atoms with Crippen LogP contribution in [-0.2, 0) is 16.4 Å². The molecule has 0 aliphatic carbocycles. The van der Waals surface area contributed by atoms with Crippen LogP contribution in [0.15, 0.2) is 35.7 Å². The number of sulfone groups is 1. The Morgan fingerprint density at radius 2 is 2.11 bits per heavy atom. The highest BCUT2D eigenvalue weighted by atomic mass is 32.2. The number of carboxylic acid groups (broad SMARTS) is 1. The van der Waals surface area contributed by atoms with Crippen molar-refractivity contribution in [1.82, 2.24) is 5.32 Å². The standard InChI is InChI=1S/C12H13NO4S/c14-12(15)11-4-2-1-3-9(11)7-13-10-5-6-18(16,17)8-10/h1-6,10,13H,7-8H2,(H,14,15). The first-order valence-corrected chi connectivity index (χ1v) is 7.15. The molecule has 0 bridgehead atoms. The van der Waals surface area contributed by atoms with Crippen molar-refractivity contribution in [2.24, 2.45) is 0 Å². The molecule has 18 heavy (non-hydrogen) atoms. The molecule has 1 aliphatic rings. The van der Waals surface area contributed by atoms with E-state index in [4.69, 9.17) is 5.11 Å². The fraction of sp³-hybridized carbons (Fsp3) is 0.250. The topological polar surface area (TPSA) is 83.5 Å². The zero-order valence-electron chi connectivity index (χ0n) is 9.54. The van der Waals surface area contributed by atoms with Gasteiger partial charge in [0.15, 0.2) is 9.84 Å². The molecule has 1 heterocycles. The van der Waals surface area contributed by atoms with Crippen LogP contribution < -0.4 is 5.32 Å². The molecule has 0 amide bonds. The Bertz CT molecular complexity index is 592. The number of nitrogens with one attached hydrogen (secondary N) is 1. The van der Waals surface area contributed by atoms with Gasteiger partial charge in [-0.3, -0.25) is 0 Å². The zero-order chi connectivity index (χ0) is 13.2. The Hall–Kier alpha value is -1.66. The van der Waals surface area contributed by atoms with Gasteiger partial charge in [0.25, 0.3) is 0 Å². The summed E-state index contributed by atoms with van der Waals surface area (Å²) in [7, 11) is -3.09. The maximum atomic E-state index is 11.2. The molecular formula is C12H13NO4S. The number of benzene rings is 1. The van der Waals surface area contributed by atoms with Crippen LogP contribution in [0.25, 0.3) is 0 Å². The Kier molecular flexibility index (Phi) is 3.49. The summed E-state index contributed by atoms with van der Waals surface area (Å²) in [5, 5.41) is 13.2. The van der Waals surface area contributed by atoms with E-state index in [1.165, 1.54) is 11.5 Å². The van der Waals surface area contributed by atoms with Gasteiger partial charge in [0, 0.05) is 18.0 Å². The highest BCUT2D eigenvalue weighted by Crippen LogP contribution is 2.11. The first-order chi connectivity index (χ1) is 8.48. The highest BCUT2D eigenvalue weighted by Gasteiger charge is 2.21. The van der Waals surface area contributed by atoms with Crippen molar-refractivity contribution in [2.45, 2.75) is 12.6 Å². The lowest BCUT2D eigenvalue weighted by atomic mass is 10.1. The molecule has 1 aromatic rings.